The first-order valence-corrected chi connectivity index (χ1v) is 6.98. The van der Waals surface area contributed by atoms with Gasteiger partial charge in [0.05, 0.1) is 0 Å². The van der Waals surface area contributed by atoms with E-state index in [9.17, 15) is 18.0 Å². The molecule has 0 aliphatic rings. The van der Waals surface area contributed by atoms with Crippen molar-refractivity contribution in [2.24, 2.45) is 7.05 Å². The van der Waals surface area contributed by atoms with Gasteiger partial charge in [-0.15, -0.1) is 0 Å². The minimum Gasteiger partial charge on any atom is -0.290 e. The highest BCUT2D eigenvalue weighted by Crippen LogP contribution is 2.30. The number of nitriles is 1. The first kappa shape index (κ1) is 16.8. The molecule has 11 heteroatoms. The van der Waals surface area contributed by atoms with E-state index in [1.807, 2.05) is 6.07 Å². The van der Waals surface area contributed by atoms with Gasteiger partial charge < -0.3 is 0 Å². The largest absolute Gasteiger partial charge is 0.449 e. The number of hydrogen-bond acceptors (Lipinski definition) is 6. The molecule has 3 aromatic heterocycles. The Morgan fingerprint density at radius 2 is 1.92 bits per heavy atom. The topological polar surface area (TPSA) is 97.3 Å². The summed E-state index contributed by atoms with van der Waals surface area (Å²) < 4.78 is 39.7. The minimum atomic E-state index is -4.85. The van der Waals surface area contributed by atoms with Gasteiger partial charge in [-0.05, 0) is 23.7 Å². The zero-order valence-electron chi connectivity index (χ0n) is 12.3. The van der Waals surface area contributed by atoms with Crippen molar-refractivity contribution in [1.29, 1.82) is 5.26 Å². The fourth-order valence-electron chi connectivity index (χ4n) is 2.17. The van der Waals surface area contributed by atoms with E-state index < -0.39 is 17.6 Å². The summed E-state index contributed by atoms with van der Waals surface area (Å²) in [6.45, 7) is 0. The van der Waals surface area contributed by atoms with Gasteiger partial charge in [-0.2, -0.15) is 18.4 Å². The second kappa shape index (κ2) is 5.78. The maximum atomic E-state index is 13.1. The lowest BCUT2D eigenvalue weighted by molar-refractivity contribution is -0.147. The maximum Gasteiger partial charge on any atom is 0.449 e. The number of hydrogen-bond donors (Lipinski definition) is 0. The first-order valence-electron chi connectivity index (χ1n) is 6.60. The Morgan fingerprint density at radius 3 is 2.48 bits per heavy atom. The van der Waals surface area contributed by atoms with E-state index in [2.05, 4.69) is 19.9 Å². The first-order chi connectivity index (χ1) is 11.7. The van der Waals surface area contributed by atoms with Gasteiger partial charge in [-0.25, -0.2) is 19.9 Å². The van der Waals surface area contributed by atoms with E-state index in [1.54, 1.807) is 0 Å². The molecule has 0 radical (unpaired) electrons. The average molecular weight is 367 g/mol. The van der Waals surface area contributed by atoms with Crippen molar-refractivity contribution < 1.29 is 13.2 Å². The van der Waals surface area contributed by atoms with E-state index in [0.29, 0.717) is 4.57 Å². The number of rotatable bonds is 1. The number of alkyl halides is 3. The van der Waals surface area contributed by atoms with E-state index in [0.717, 1.165) is 7.05 Å². The van der Waals surface area contributed by atoms with Crippen molar-refractivity contribution in [3.63, 3.8) is 0 Å². The summed E-state index contributed by atoms with van der Waals surface area (Å²) in [6.07, 6.45) is -3.62. The molecular formula is C14H6ClF3N6O. The number of halogens is 4. The smallest absolute Gasteiger partial charge is 0.290 e. The molecule has 0 fully saturated rings. The van der Waals surface area contributed by atoms with Crippen LogP contribution in [0, 0.1) is 11.3 Å². The molecule has 0 saturated heterocycles. The Balaban J connectivity index is 2.41. The predicted octanol–water partition coefficient (Wildman–Crippen LogP) is 2.33. The van der Waals surface area contributed by atoms with Gasteiger partial charge in [0.2, 0.25) is 11.1 Å². The van der Waals surface area contributed by atoms with Gasteiger partial charge >= 0.3 is 6.18 Å². The van der Waals surface area contributed by atoms with Crippen LogP contribution in [0.1, 0.15) is 11.5 Å². The Morgan fingerprint density at radius 1 is 1.20 bits per heavy atom. The molecule has 3 aromatic rings. The summed E-state index contributed by atoms with van der Waals surface area (Å²) in [5, 5.41) is 8.44. The van der Waals surface area contributed by atoms with E-state index in [1.165, 1.54) is 18.3 Å². The van der Waals surface area contributed by atoms with Crippen LogP contribution in [0.3, 0.4) is 0 Å². The van der Waals surface area contributed by atoms with Crippen molar-refractivity contribution in [2.75, 3.05) is 0 Å². The lowest BCUT2D eigenvalue weighted by Gasteiger charge is -2.13. The molecule has 0 spiro atoms. The van der Waals surface area contributed by atoms with E-state index in [-0.39, 0.29) is 33.3 Å². The predicted molar refractivity (Wildman–Crippen MR) is 80.5 cm³/mol. The Kier molecular flexibility index (Phi) is 3.88. The third-order valence-corrected chi connectivity index (χ3v) is 3.47. The number of aromatic nitrogens is 5. The standard InChI is InChI=1S/C14H6ClF3N6O/c1-24-11(25)10-9(21-12(24)14(16,17)18)8(22-13(15)23-10)6-2-3-7(4-19)20-5-6/h2-3,5H,1H3. The number of nitrogens with zero attached hydrogens (tertiary/aromatic N) is 6. The molecule has 3 rings (SSSR count). The molecule has 0 amide bonds. The number of pyridine rings is 1. The van der Waals surface area contributed by atoms with Crippen LogP contribution in [-0.4, -0.2) is 24.5 Å². The molecule has 0 atom stereocenters. The Labute approximate surface area is 142 Å². The quantitative estimate of drug-likeness (QED) is 0.613. The van der Waals surface area contributed by atoms with Crippen LogP contribution in [0.4, 0.5) is 13.2 Å². The van der Waals surface area contributed by atoms with E-state index >= 15 is 0 Å². The molecule has 0 N–H and O–H groups in total. The average Bonchev–Trinajstić information content (AvgIpc) is 2.57. The third-order valence-electron chi connectivity index (χ3n) is 3.30. The van der Waals surface area contributed by atoms with Crippen LogP contribution >= 0.6 is 11.6 Å². The molecule has 25 heavy (non-hydrogen) atoms. The van der Waals surface area contributed by atoms with Crippen molar-refractivity contribution in [2.45, 2.75) is 6.18 Å². The normalized spacial score (nSPS) is 11.5. The SMILES string of the molecule is Cn1c(C(F)(F)F)nc2c(-c3ccc(C#N)nc3)nc(Cl)nc2c1=O. The summed E-state index contributed by atoms with van der Waals surface area (Å²) in [5.74, 6) is -1.39. The molecule has 0 unspecified atom stereocenters. The molecule has 0 aliphatic heterocycles. The van der Waals surface area contributed by atoms with Gasteiger partial charge in [0.15, 0.2) is 5.52 Å². The van der Waals surface area contributed by atoms with Crippen LogP contribution in [0.5, 0.6) is 0 Å². The molecule has 0 aromatic carbocycles. The van der Waals surface area contributed by atoms with Gasteiger partial charge in [0, 0.05) is 18.8 Å². The molecule has 0 saturated carbocycles. The second-order valence-corrected chi connectivity index (χ2v) is 5.22. The summed E-state index contributed by atoms with van der Waals surface area (Å²) >= 11 is 5.79. The third kappa shape index (κ3) is 2.89. The second-order valence-electron chi connectivity index (χ2n) is 4.88. The fourth-order valence-corrected chi connectivity index (χ4v) is 2.34. The van der Waals surface area contributed by atoms with Crippen molar-refractivity contribution in [3.8, 4) is 17.3 Å². The minimum absolute atomic E-state index is 0.0878. The van der Waals surface area contributed by atoms with Crippen molar-refractivity contribution in [1.82, 2.24) is 24.5 Å². The summed E-state index contributed by atoms with van der Waals surface area (Å²) in [5.41, 5.74) is -1.46. The lowest BCUT2D eigenvalue weighted by atomic mass is 10.1. The van der Waals surface area contributed by atoms with Crippen LogP contribution in [0.2, 0.25) is 5.28 Å². The highest BCUT2D eigenvalue weighted by atomic mass is 35.5. The van der Waals surface area contributed by atoms with Gasteiger partial charge in [-0.1, -0.05) is 0 Å². The van der Waals surface area contributed by atoms with Gasteiger partial charge in [0.25, 0.3) is 5.56 Å². The molecular weight excluding hydrogens is 361 g/mol. The van der Waals surface area contributed by atoms with Gasteiger partial charge in [0.1, 0.15) is 23.0 Å². The van der Waals surface area contributed by atoms with Gasteiger partial charge in [-0.3, -0.25) is 9.36 Å². The monoisotopic (exact) mass is 366 g/mol. The highest BCUT2D eigenvalue weighted by molar-refractivity contribution is 6.28. The lowest BCUT2D eigenvalue weighted by Crippen LogP contribution is -2.28. The van der Waals surface area contributed by atoms with Crippen molar-refractivity contribution in [3.05, 3.63) is 45.5 Å². The fraction of sp³-hybridized carbons (Fsp3) is 0.143. The molecule has 3 heterocycles. The van der Waals surface area contributed by atoms with Crippen molar-refractivity contribution >= 4 is 22.6 Å². The van der Waals surface area contributed by atoms with E-state index in [4.69, 9.17) is 16.9 Å². The van der Waals surface area contributed by atoms with Crippen LogP contribution in [0.15, 0.2) is 23.1 Å². The summed E-state index contributed by atoms with van der Waals surface area (Å²) in [4.78, 5) is 27.2. The number of fused-ring (bicyclic) bond motifs is 1. The highest BCUT2D eigenvalue weighted by Gasteiger charge is 2.37. The Bertz CT molecular complexity index is 1090. The summed E-state index contributed by atoms with van der Waals surface area (Å²) in [6, 6.07) is 4.57. The zero-order valence-corrected chi connectivity index (χ0v) is 13.1. The molecule has 7 nitrogen and oxygen atoms in total. The summed E-state index contributed by atoms with van der Waals surface area (Å²) in [7, 11) is 0.941. The maximum absolute atomic E-state index is 13.1. The molecule has 0 bridgehead atoms. The zero-order chi connectivity index (χ0) is 18.4. The molecule has 126 valence electrons. The molecule has 0 aliphatic carbocycles. The van der Waals surface area contributed by atoms with Crippen LogP contribution in [-0.2, 0) is 13.2 Å². The Hall–Kier alpha value is -3.06. The van der Waals surface area contributed by atoms with Crippen LogP contribution in [0.25, 0.3) is 22.3 Å². The van der Waals surface area contributed by atoms with Crippen LogP contribution < -0.4 is 5.56 Å².